The van der Waals surface area contributed by atoms with Crippen LogP contribution in [0.25, 0.3) is 0 Å². The number of phenols is 2. The lowest BCUT2D eigenvalue weighted by Crippen LogP contribution is -2.09. The van der Waals surface area contributed by atoms with Gasteiger partial charge < -0.3 is 19.7 Å². The molecule has 104 valence electrons. The number of benzene rings is 1. The van der Waals surface area contributed by atoms with Crippen molar-refractivity contribution in [2.45, 2.75) is 20.3 Å². The van der Waals surface area contributed by atoms with E-state index in [0.29, 0.717) is 6.42 Å². The van der Waals surface area contributed by atoms with Crippen molar-refractivity contribution in [1.82, 2.24) is 0 Å². The minimum atomic E-state index is -0.774. The van der Waals surface area contributed by atoms with Crippen LogP contribution in [0.15, 0.2) is 12.1 Å². The molecule has 1 aromatic rings. The molecule has 0 radical (unpaired) electrons. The molecule has 0 bridgehead atoms. The summed E-state index contributed by atoms with van der Waals surface area (Å²) < 4.78 is 9.54. The van der Waals surface area contributed by atoms with Crippen molar-refractivity contribution in [3.05, 3.63) is 23.3 Å². The van der Waals surface area contributed by atoms with Crippen LogP contribution in [-0.4, -0.2) is 35.4 Å². The van der Waals surface area contributed by atoms with Gasteiger partial charge in [0.25, 0.3) is 0 Å². The van der Waals surface area contributed by atoms with Crippen LogP contribution in [-0.2, 0) is 9.47 Å². The largest absolute Gasteiger partial charge is 0.504 e. The van der Waals surface area contributed by atoms with E-state index < -0.39 is 23.4 Å². The Morgan fingerprint density at radius 1 is 1.00 bits per heavy atom. The summed E-state index contributed by atoms with van der Waals surface area (Å²) in [6, 6.07) is 2.41. The van der Waals surface area contributed by atoms with Crippen molar-refractivity contribution >= 4 is 11.9 Å². The quantitative estimate of drug-likeness (QED) is 0.625. The van der Waals surface area contributed by atoms with Crippen LogP contribution in [0, 0.1) is 0 Å². The molecule has 0 saturated heterocycles. The predicted molar refractivity (Wildman–Crippen MR) is 66.3 cm³/mol. The smallest absolute Gasteiger partial charge is 0.342 e. The van der Waals surface area contributed by atoms with Gasteiger partial charge in [-0.05, 0) is 25.5 Å². The molecule has 0 aliphatic heterocycles. The topological polar surface area (TPSA) is 93.1 Å². The van der Waals surface area contributed by atoms with Gasteiger partial charge in [-0.25, -0.2) is 9.59 Å². The van der Waals surface area contributed by atoms with Crippen molar-refractivity contribution < 1.29 is 29.3 Å². The summed E-state index contributed by atoms with van der Waals surface area (Å²) in [6.45, 7) is 3.79. The molecule has 0 spiro atoms. The summed E-state index contributed by atoms with van der Waals surface area (Å²) >= 11 is 0. The molecule has 0 atom stereocenters. The Morgan fingerprint density at radius 3 is 1.89 bits per heavy atom. The van der Waals surface area contributed by atoms with Crippen molar-refractivity contribution in [1.29, 1.82) is 0 Å². The van der Waals surface area contributed by atoms with E-state index in [1.807, 2.05) is 6.92 Å². The lowest BCUT2D eigenvalue weighted by Gasteiger charge is -2.09. The van der Waals surface area contributed by atoms with E-state index in [0.717, 1.165) is 0 Å². The molecule has 0 heterocycles. The third kappa shape index (κ3) is 3.37. The maximum atomic E-state index is 11.6. The number of hydrogen-bond donors (Lipinski definition) is 2. The maximum absolute atomic E-state index is 11.6. The van der Waals surface area contributed by atoms with Crippen molar-refractivity contribution in [2.75, 3.05) is 13.2 Å². The van der Waals surface area contributed by atoms with Crippen LogP contribution in [0.2, 0.25) is 0 Å². The molecule has 0 unspecified atom stereocenters. The third-order valence-electron chi connectivity index (χ3n) is 2.30. The number of phenolic OH excluding ortho intramolecular Hbond substituents is 2. The van der Waals surface area contributed by atoms with Gasteiger partial charge in [0.1, 0.15) is 11.1 Å². The second-order valence-corrected chi connectivity index (χ2v) is 3.71. The number of carbonyl (C=O) groups excluding carboxylic acids is 2. The SMILES string of the molecule is CCCOC(=O)c1ccc(C(=O)OCC)c(O)c1O. The summed E-state index contributed by atoms with van der Waals surface area (Å²) in [4.78, 5) is 23.0. The molecule has 0 amide bonds. The molecule has 0 aliphatic carbocycles. The maximum Gasteiger partial charge on any atom is 0.342 e. The Labute approximate surface area is 110 Å². The molecule has 2 N–H and O–H groups in total. The van der Waals surface area contributed by atoms with E-state index in [4.69, 9.17) is 9.47 Å². The van der Waals surface area contributed by atoms with E-state index in [1.165, 1.54) is 12.1 Å². The molecule has 0 aliphatic rings. The molecule has 0 fully saturated rings. The van der Waals surface area contributed by atoms with Gasteiger partial charge in [-0.3, -0.25) is 0 Å². The first-order chi connectivity index (χ1) is 9.02. The zero-order chi connectivity index (χ0) is 14.4. The molecule has 6 nitrogen and oxygen atoms in total. The van der Waals surface area contributed by atoms with Gasteiger partial charge in [0.15, 0.2) is 11.5 Å². The number of carbonyl (C=O) groups is 2. The first kappa shape index (κ1) is 14.8. The number of ether oxygens (including phenoxy) is 2. The zero-order valence-corrected chi connectivity index (χ0v) is 10.8. The summed E-state index contributed by atoms with van der Waals surface area (Å²) in [5.41, 5.74) is -0.398. The lowest BCUT2D eigenvalue weighted by atomic mass is 10.1. The Morgan fingerprint density at radius 2 is 1.47 bits per heavy atom. The summed E-state index contributed by atoms with van der Waals surface area (Å²) in [5.74, 6) is -2.91. The van der Waals surface area contributed by atoms with Gasteiger partial charge >= 0.3 is 11.9 Å². The minimum Gasteiger partial charge on any atom is -0.504 e. The van der Waals surface area contributed by atoms with Crippen LogP contribution in [0.4, 0.5) is 0 Å². The molecule has 0 saturated carbocycles. The van der Waals surface area contributed by atoms with Gasteiger partial charge in [-0.15, -0.1) is 0 Å². The van der Waals surface area contributed by atoms with Crippen molar-refractivity contribution in [3.63, 3.8) is 0 Å². The van der Waals surface area contributed by atoms with E-state index in [1.54, 1.807) is 6.92 Å². The number of hydrogen-bond acceptors (Lipinski definition) is 6. The third-order valence-corrected chi connectivity index (χ3v) is 2.30. The Hall–Kier alpha value is -2.24. The standard InChI is InChI=1S/C13H16O6/c1-3-7-19-13(17)9-6-5-8(10(14)11(9)15)12(16)18-4-2/h5-6,14-15H,3-4,7H2,1-2H3. The van der Waals surface area contributed by atoms with Crippen LogP contribution >= 0.6 is 0 Å². The molecular weight excluding hydrogens is 252 g/mol. The van der Waals surface area contributed by atoms with Crippen molar-refractivity contribution in [2.24, 2.45) is 0 Å². The minimum absolute atomic E-state index is 0.138. The Bertz CT molecular complexity index is 480. The number of esters is 2. The van der Waals surface area contributed by atoms with Gasteiger partial charge in [0, 0.05) is 0 Å². The molecule has 0 aromatic heterocycles. The van der Waals surface area contributed by atoms with Gasteiger partial charge in [-0.1, -0.05) is 6.92 Å². The molecule has 1 rings (SSSR count). The van der Waals surface area contributed by atoms with Crippen LogP contribution < -0.4 is 0 Å². The highest BCUT2D eigenvalue weighted by Gasteiger charge is 2.22. The number of aromatic hydroxyl groups is 2. The first-order valence-corrected chi connectivity index (χ1v) is 5.92. The zero-order valence-electron chi connectivity index (χ0n) is 10.8. The fourth-order valence-corrected chi connectivity index (χ4v) is 1.39. The average molecular weight is 268 g/mol. The Balaban J connectivity index is 3.04. The summed E-state index contributed by atoms with van der Waals surface area (Å²) in [7, 11) is 0. The second-order valence-electron chi connectivity index (χ2n) is 3.71. The fraction of sp³-hybridized carbons (Fsp3) is 0.385. The second kappa shape index (κ2) is 6.63. The van der Waals surface area contributed by atoms with Gasteiger partial charge in [0.2, 0.25) is 0 Å². The van der Waals surface area contributed by atoms with E-state index >= 15 is 0 Å². The summed E-state index contributed by atoms with van der Waals surface area (Å²) in [6.07, 6.45) is 0.638. The summed E-state index contributed by atoms with van der Waals surface area (Å²) in [5, 5.41) is 19.4. The Kier molecular flexibility index (Phi) is 5.17. The highest BCUT2D eigenvalue weighted by atomic mass is 16.5. The van der Waals surface area contributed by atoms with Gasteiger partial charge in [0.05, 0.1) is 13.2 Å². The van der Waals surface area contributed by atoms with Crippen LogP contribution in [0.3, 0.4) is 0 Å². The predicted octanol–water partition coefficient (Wildman–Crippen LogP) is 1.84. The molecular formula is C13H16O6. The molecule has 6 heteroatoms. The van der Waals surface area contributed by atoms with Gasteiger partial charge in [-0.2, -0.15) is 0 Å². The normalized spacial score (nSPS) is 10.0. The van der Waals surface area contributed by atoms with E-state index in [9.17, 15) is 19.8 Å². The highest BCUT2D eigenvalue weighted by molar-refractivity contribution is 5.99. The van der Waals surface area contributed by atoms with E-state index in [-0.39, 0.29) is 24.3 Å². The lowest BCUT2D eigenvalue weighted by molar-refractivity contribution is 0.0491. The number of rotatable bonds is 5. The average Bonchev–Trinajstić information content (AvgIpc) is 2.39. The van der Waals surface area contributed by atoms with Crippen molar-refractivity contribution in [3.8, 4) is 11.5 Å². The van der Waals surface area contributed by atoms with Crippen LogP contribution in [0.5, 0.6) is 11.5 Å². The highest BCUT2D eigenvalue weighted by Crippen LogP contribution is 2.33. The molecule has 19 heavy (non-hydrogen) atoms. The van der Waals surface area contributed by atoms with Crippen LogP contribution in [0.1, 0.15) is 41.0 Å². The monoisotopic (exact) mass is 268 g/mol. The fourth-order valence-electron chi connectivity index (χ4n) is 1.39. The molecule has 1 aromatic carbocycles. The first-order valence-electron chi connectivity index (χ1n) is 5.92. The van der Waals surface area contributed by atoms with E-state index in [2.05, 4.69) is 0 Å².